The minimum Gasteiger partial charge on any atom is -0.330 e. The van der Waals surface area contributed by atoms with E-state index in [2.05, 4.69) is 0 Å². The van der Waals surface area contributed by atoms with Crippen molar-refractivity contribution in [2.24, 2.45) is 5.92 Å². The van der Waals surface area contributed by atoms with Gasteiger partial charge in [0.1, 0.15) is 5.92 Å². The average Bonchev–Trinajstić information content (AvgIpc) is 2.49. The molecule has 0 aliphatic carbocycles. The molecule has 1 atom stereocenters. The second-order valence-corrected chi connectivity index (χ2v) is 5.45. The third-order valence-corrected chi connectivity index (χ3v) is 3.94. The average molecular weight is 350 g/mol. The fourth-order valence-electron chi connectivity index (χ4n) is 2.58. The van der Waals surface area contributed by atoms with Gasteiger partial charge in [0.2, 0.25) is 0 Å². The SMILES string of the molecule is CCCCCCCCC(C(OC)(OC)OC)C(F)(F)C(F)(F)F. The minimum atomic E-state index is -5.71. The Bertz CT molecular complexity index is 306. The Morgan fingerprint density at radius 3 is 1.57 bits per heavy atom. The van der Waals surface area contributed by atoms with Gasteiger partial charge in [-0.15, -0.1) is 0 Å². The molecule has 0 spiro atoms. The zero-order valence-corrected chi connectivity index (χ0v) is 14.1. The summed E-state index contributed by atoms with van der Waals surface area (Å²) >= 11 is 0. The van der Waals surface area contributed by atoms with Gasteiger partial charge in [-0.1, -0.05) is 45.4 Å². The van der Waals surface area contributed by atoms with E-state index in [1.807, 2.05) is 6.92 Å². The van der Waals surface area contributed by atoms with E-state index in [0.29, 0.717) is 6.42 Å². The van der Waals surface area contributed by atoms with E-state index < -0.39 is 30.4 Å². The first kappa shape index (κ1) is 22.5. The predicted octanol–water partition coefficient (Wildman–Crippen LogP) is 5.14. The fraction of sp³-hybridized carbons (Fsp3) is 1.00. The topological polar surface area (TPSA) is 27.7 Å². The van der Waals surface area contributed by atoms with E-state index in [1.54, 1.807) is 0 Å². The van der Waals surface area contributed by atoms with Crippen molar-refractivity contribution in [1.29, 1.82) is 0 Å². The number of hydrogen-bond acceptors (Lipinski definition) is 3. The van der Waals surface area contributed by atoms with Crippen molar-refractivity contribution >= 4 is 0 Å². The van der Waals surface area contributed by atoms with Crippen LogP contribution in [0.3, 0.4) is 0 Å². The van der Waals surface area contributed by atoms with Crippen molar-refractivity contribution in [2.45, 2.75) is 69.9 Å². The fourth-order valence-corrected chi connectivity index (χ4v) is 2.58. The zero-order chi connectivity index (χ0) is 18.1. The van der Waals surface area contributed by atoms with Crippen LogP contribution in [-0.4, -0.2) is 39.4 Å². The Morgan fingerprint density at radius 2 is 1.17 bits per heavy atom. The Hall–Kier alpha value is -0.470. The van der Waals surface area contributed by atoms with Gasteiger partial charge >= 0.3 is 12.1 Å². The van der Waals surface area contributed by atoms with Crippen LogP contribution in [0.15, 0.2) is 0 Å². The molecule has 0 rings (SSSR count). The van der Waals surface area contributed by atoms with Crippen LogP contribution in [0, 0.1) is 5.92 Å². The van der Waals surface area contributed by atoms with E-state index in [0.717, 1.165) is 47.0 Å². The molecule has 0 bridgehead atoms. The largest absolute Gasteiger partial charge is 0.453 e. The Balaban J connectivity index is 5.10. The summed E-state index contributed by atoms with van der Waals surface area (Å²) in [6, 6.07) is 0. The molecule has 8 heteroatoms. The van der Waals surface area contributed by atoms with Crippen molar-refractivity contribution in [3.05, 3.63) is 0 Å². The Kier molecular flexibility index (Phi) is 9.54. The van der Waals surface area contributed by atoms with Gasteiger partial charge in [-0.2, -0.15) is 22.0 Å². The van der Waals surface area contributed by atoms with Gasteiger partial charge in [0.05, 0.1) is 0 Å². The minimum absolute atomic E-state index is 0.206. The lowest BCUT2D eigenvalue weighted by Gasteiger charge is -2.40. The summed E-state index contributed by atoms with van der Waals surface area (Å²) in [6.45, 7) is 2.03. The van der Waals surface area contributed by atoms with Crippen LogP contribution >= 0.6 is 0 Å². The molecule has 140 valence electrons. The molecule has 3 nitrogen and oxygen atoms in total. The van der Waals surface area contributed by atoms with Gasteiger partial charge in [-0.05, 0) is 6.42 Å². The molecule has 1 unspecified atom stereocenters. The lowest BCUT2D eigenvalue weighted by molar-refractivity contribution is -0.429. The molecule has 23 heavy (non-hydrogen) atoms. The smallest absolute Gasteiger partial charge is 0.330 e. The molecule has 0 amide bonds. The van der Waals surface area contributed by atoms with Gasteiger partial charge in [0.25, 0.3) is 5.97 Å². The summed E-state index contributed by atoms with van der Waals surface area (Å²) in [5.41, 5.74) is 0. The van der Waals surface area contributed by atoms with Crippen LogP contribution in [0.1, 0.15) is 51.9 Å². The Morgan fingerprint density at radius 1 is 0.739 bits per heavy atom. The monoisotopic (exact) mass is 350 g/mol. The molecule has 0 aromatic heterocycles. The molecule has 0 saturated carbocycles. The number of ether oxygens (including phenoxy) is 3. The van der Waals surface area contributed by atoms with Gasteiger partial charge in [0.15, 0.2) is 0 Å². The van der Waals surface area contributed by atoms with Crippen LogP contribution < -0.4 is 0 Å². The maximum Gasteiger partial charge on any atom is 0.453 e. The van der Waals surface area contributed by atoms with Crippen molar-refractivity contribution in [3.8, 4) is 0 Å². The number of rotatable bonds is 12. The van der Waals surface area contributed by atoms with E-state index in [1.165, 1.54) is 0 Å². The highest BCUT2D eigenvalue weighted by Gasteiger charge is 2.68. The highest BCUT2D eigenvalue weighted by molar-refractivity contribution is 4.90. The molecular formula is C15H27F5O3. The normalized spacial score (nSPS) is 15.0. The van der Waals surface area contributed by atoms with Gasteiger partial charge in [-0.25, -0.2) is 0 Å². The van der Waals surface area contributed by atoms with Crippen LogP contribution in [-0.2, 0) is 14.2 Å². The molecule has 0 aliphatic rings. The molecule has 0 radical (unpaired) electrons. The van der Waals surface area contributed by atoms with Crippen LogP contribution in [0.4, 0.5) is 22.0 Å². The second-order valence-electron chi connectivity index (χ2n) is 5.45. The lowest BCUT2D eigenvalue weighted by atomic mass is 9.90. The third kappa shape index (κ3) is 5.83. The predicted molar refractivity (Wildman–Crippen MR) is 76.2 cm³/mol. The molecule has 0 saturated heterocycles. The number of halogens is 5. The second kappa shape index (κ2) is 9.74. The summed E-state index contributed by atoms with van der Waals surface area (Å²) in [7, 11) is 2.94. The van der Waals surface area contributed by atoms with Crippen molar-refractivity contribution < 1.29 is 36.2 Å². The molecule has 0 heterocycles. The van der Waals surface area contributed by atoms with E-state index >= 15 is 0 Å². The summed E-state index contributed by atoms with van der Waals surface area (Å²) in [5.74, 6) is -9.72. The first-order valence-corrected chi connectivity index (χ1v) is 7.72. The van der Waals surface area contributed by atoms with Crippen LogP contribution in [0.25, 0.3) is 0 Å². The number of alkyl halides is 5. The van der Waals surface area contributed by atoms with Crippen molar-refractivity contribution in [1.82, 2.24) is 0 Å². The molecule has 0 aliphatic heterocycles. The lowest BCUT2D eigenvalue weighted by Crippen LogP contribution is -2.57. The van der Waals surface area contributed by atoms with E-state index in [9.17, 15) is 22.0 Å². The summed E-state index contributed by atoms with van der Waals surface area (Å²) in [6.07, 6.45) is -1.60. The van der Waals surface area contributed by atoms with Gasteiger partial charge in [-0.3, -0.25) is 0 Å². The van der Waals surface area contributed by atoms with Gasteiger partial charge < -0.3 is 14.2 Å². The Labute approximate surface area is 134 Å². The summed E-state index contributed by atoms with van der Waals surface area (Å²) in [4.78, 5) is 0. The van der Waals surface area contributed by atoms with Crippen LogP contribution in [0.2, 0.25) is 0 Å². The third-order valence-electron chi connectivity index (χ3n) is 3.94. The summed E-state index contributed by atoms with van der Waals surface area (Å²) < 4.78 is 80.4. The van der Waals surface area contributed by atoms with E-state index in [-0.39, 0.29) is 6.42 Å². The molecule has 0 fully saturated rings. The quantitative estimate of drug-likeness (QED) is 0.277. The number of unbranched alkanes of at least 4 members (excludes halogenated alkanes) is 5. The standard InChI is InChI=1S/C15H27F5O3/c1-5-6-7-8-9-10-11-12(13(16,17)15(18,19)20)14(21-2,22-3)23-4/h12H,5-11H2,1-4H3. The molecule has 0 N–H and O–H groups in total. The molecule has 0 aromatic carbocycles. The van der Waals surface area contributed by atoms with E-state index in [4.69, 9.17) is 14.2 Å². The van der Waals surface area contributed by atoms with Crippen LogP contribution in [0.5, 0.6) is 0 Å². The van der Waals surface area contributed by atoms with Gasteiger partial charge in [0, 0.05) is 21.3 Å². The van der Waals surface area contributed by atoms with Crippen molar-refractivity contribution in [2.75, 3.05) is 21.3 Å². The molecular weight excluding hydrogens is 323 g/mol. The maximum atomic E-state index is 13.9. The molecule has 0 aromatic rings. The maximum absolute atomic E-state index is 13.9. The zero-order valence-electron chi connectivity index (χ0n) is 14.1. The summed E-state index contributed by atoms with van der Waals surface area (Å²) in [5, 5.41) is 0. The van der Waals surface area contributed by atoms with Crippen molar-refractivity contribution in [3.63, 3.8) is 0 Å². The first-order chi connectivity index (χ1) is 10.6. The number of methoxy groups -OCH3 is 3. The highest BCUT2D eigenvalue weighted by atomic mass is 19.4. The highest BCUT2D eigenvalue weighted by Crippen LogP contribution is 2.48. The first-order valence-electron chi connectivity index (χ1n) is 7.72. The number of hydrogen-bond donors (Lipinski definition) is 0.